The first kappa shape index (κ1) is 36.0. The fourth-order valence-electron chi connectivity index (χ4n) is 6.27. The molecule has 1 N–H and O–H groups in total. The lowest BCUT2D eigenvalue weighted by molar-refractivity contribution is 0.437. The number of anilines is 1. The van der Waals surface area contributed by atoms with Gasteiger partial charge in [0.15, 0.2) is 0 Å². The Morgan fingerprint density at radius 3 is 1.65 bits per heavy atom. The van der Waals surface area contributed by atoms with E-state index in [9.17, 15) is 0 Å². The van der Waals surface area contributed by atoms with Crippen molar-refractivity contribution in [3.05, 3.63) is 260 Å². The second-order valence-electron chi connectivity index (χ2n) is 12.9. The number of fused-ring (bicyclic) bond motifs is 1. The van der Waals surface area contributed by atoms with Gasteiger partial charge in [-0.2, -0.15) is 0 Å². The summed E-state index contributed by atoms with van der Waals surface area (Å²) in [6.45, 7) is 8.01. The average molecular weight is 708 g/mol. The third-order valence-corrected chi connectivity index (χ3v) is 9.20. The molecule has 0 saturated carbocycles. The van der Waals surface area contributed by atoms with E-state index >= 15 is 0 Å². The van der Waals surface area contributed by atoms with E-state index in [1.165, 1.54) is 38.9 Å². The first-order valence-corrected chi connectivity index (χ1v) is 18.3. The predicted octanol–water partition coefficient (Wildman–Crippen LogP) is 14.1. The SMILES string of the molecule is C1=CC=CC=1c1ccc(-c2ccccc2)cc1.C=C/C=C(\C=C/Nc1ccc(-c2ccc(-c3ccccc3)cc2)cc1)C1=C/C=C\C(=C)c2ccccc2O\1. The lowest BCUT2D eigenvalue weighted by Crippen LogP contribution is -2.02. The van der Waals surface area contributed by atoms with E-state index in [-0.39, 0.29) is 0 Å². The normalized spacial score (nSPS) is 14.6. The molecule has 55 heavy (non-hydrogen) atoms. The molecular weight excluding hydrogens is 667 g/mol. The molecular formula is C53H41NO. The van der Waals surface area contributed by atoms with Gasteiger partial charge in [0.05, 0.1) is 0 Å². The highest BCUT2D eigenvalue weighted by Crippen LogP contribution is 2.31. The van der Waals surface area contributed by atoms with Gasteiger partial charge in [-0.05, 0) is 87.0 Å². The first-order chi connectivity index (χ1) is 27.1. The van der Waals surface area contributed by atoms with Crippen molar-refractivity contribution in [1.29, 1.82) is 0 Å². The number of allylic oxidation sites excluding steroid dienone is 10. The molecule has 1 aliphatic carbocycles. The smallest absolute Gasteiger partial charge is 0.135 e. The largest absolute Gasteiger partial charge is 0.456 e. The number of ether oxygens (including phenoxy) is 1. The van der Waals surface area contributed by atoms with E-state index < -0.39 is 0 Å². The van der Waals surface area contributed by atoms with Gasteiger partial charge in [0, 0.05) is 28.6 Å². The quantitative estimate of drug-likeness (QED) is 0.119. The molecule has 2 aliphatic rings. The van der Waals surface area contributed by atoms with Crippen LogP contribution in [0.1, 0.15) is 11.1 Å². The van der Waals surface area contributed by atoms with Crippen molar-refractivity contribution in [2.45, 2.75) is 0 Å². The molecule has 0 fully saturated rings. The van der Waals surface area contributed by atoms with Crippen molar-refractivity contribution in [1.82, 2.24) is 0 Å². The van der Waals surface area contributed by atoms with Crippen LogP contribution in [0.5, 0.6) is 5.75 Å². The molecule has 0 bridgehead atoms. The topological polar surface area (TPSA) is 21.3 Å². The molecule has 2 heteroatoms. The highest BCUT2D eigenvalue weighted by molar-refractivity contribution is 5.79. The standard InChI is InChI=1S/C36H29NO.C17H12/c1-3-10-32(35-16-9-11-27(2)34-14-7-8-15-36(34)38-35)25-26-37-33-23-21-31(22-24-33)30-19-17-29(18-20-30)28-12-5-4-6-13-28;1-2-6-14(7-3-1)16-10-12-17(13-11-16)15-8-4-5-9-15/h3-26,37H,1-2H2;1-8,10-13H/b11-9-,26-25-,32-10+,35-16-;. The van der Waals surface area contributed by atoms with Gasteiger partial charge in [0.25, 0.3) is 0 Å². The minimum absolute atomic E-state index is 0.730. The van der Waals surface area contributed by atoms with Gasteiger partial charge < -0.3 is 10.1 Å². The Labute approximate surface area is 324 Å². The maximum atomic E-state index is 6.28. The van der Waals surface area contributed by atoms with Crippen LogP contribution < -0.4 is 10.1 Å². The first-order valence-electron chi connectivity index (χ1n) is 18.3. The summed E-state index contributed by atoms with van der Waals surface area (Å²) < 4.78 is 6.28. The Bertz CT molecular complexity index is 2490. The molecule has 0 atom stereocenters. The summed E-state index contributed by atoms with van der Waals surface area (Å²) in [4.78, 5) is 0. The van der Waals surface area contributed by atoms with Crippen LogP contribution >= 0.6 is 0 Å². The summed E-state index contributed by atoms with van der Waals surface area (Å²) in [6, 6.07) is 54.5. The molecule has 6 aromatic rings. The van der Waals surface area contributed by atoms with Crippen LogP contribution in [0.4, 0.5) is 5.69 Å². The third-order valence-electron chi connectivity index (χ3n) is 9.20. The van der Waals surface area contributed by atoms with Crippen molar-refractivity contribution in [2.75, 3.05) is 5.32 Å². The summed E-state index contributed by atoms with van der Waals surface area (Å²) in [5.41, 5.74) is 16.7. The van der Waals surface area contributed by atoms with E-state index in [0.717, 1.165) is 39.5 Å². The monoisotopic (exact) mass is 707 g/mol. The molecule has 1 aliphatic heterocycles. The highest BCUT2D eigenvalue weighted by Gasteiger charge is 2.12. The molecule has 8 rings (SSSR count). The summed E-state index contributed by atoms with van der Waals surface area (Å²) in [5.74, 6) is 1.50. The number of rotatable bonds is 9. The van der Waals surface area contributed by atoms with Gasteiger partial charge in [-0.1, -0.05) is 183 Å². The van der Waals surface area contributed by atoms with Crippen molar-refractivity contribution >= 4 is 16.8 Å². The average Bonchev–Trinajstić information content (AvgIpc) is 3.79. The minimum atomic E-state index is 0.730. The molecule has 0 amide bonds. The van der Waals surface area contributed by atoms with Gasteiger partial charge in [-0.15, -0.1) is 5.73 Å². The van der Waals surface area contributed by atoms with Crippen LogP contribution in [0.15, 0.2) is 249 Å². The second-order valence-corrected chi connectivity index (χ2v) is 12.9. The third kappa shape index (κ3) is 9.35. The Balaban J connectivity index is 0.000000227. The van der Waals surface area contributed by atoms with Gasteiger partial charge in [-0.25, -0.2) is 0 Å². The summed E-state index contributed by atoms with van der Waals surface area (Å²) in [6.07, 6.45) is 19.5. The predicted molar refractivity (Wildman–Crippen MR) is 234 cm³/mol. The molecule has 0 spiro atoms. The van der Waals surface area contributed by atoms with Crippen molar-refractivity contribution in [2.24, 2.45) is 0 Å². The molecule has 264 valence electrons. The van der Waals surface area contributed by atoms with E-state index in [1.807, 2.05) is 85.1 Å². The number of hydrogen-bond donors (Lipinski definition) is 1. The molecule has 0 aromatic heterocycles. The van der Waals surface area contributed by atoms with Crippen molar-refractivity contribution in [3.8, 4) is 39.1 Å². The molecule has 6 aromatic carbocycles. The summed E-state index contributed by atoms with van der Waals surface area (Å²) >= 11 is 0. The Morgan fingerprint density at radius 1 is 0.564 bits per heavy atom. The second kappa shape index (κ2) is 17.9. The number of benzene rings is 6. The van der Waals surface area contributed by atoms with E-state index in [2.05, 4.69) is 152 Å². The highest BCUT2D eigenvalue weighted by atomic mass is 16.5. The molecule has 0 saturated heterocycles. The molecule has 2 nitrogen and oxygen atoms in total. The maximum absolute atomic E-state index is 6.28. The van der Waals surface area contributed by atoms with E-state index in [4.69, 9.17) is 4.74 Å². The number of para-hydroxylation sites is 1. The Morgan fingerprint density at radius 2 is 1.09 bits per heavy atom. The zero-order valence-corrected chi connectivity index (χ0v) is 30.6. The number of nitrogens with one attached hydrogen (secondary N) is 1. The van der Waals surface area contributed by atoms with Crippen LogP contribution in [0, 0.1) is 0 Å². The maximum Gasteiger partial charge on any atom is 0.135 e. The van der Waals surface area contributed by atoms with Gasteiger partial charge >= 0.3 is 0 Å². The van der Waals surface area contributed by atoms with Crippen LogP contribution in [0.3, 0.4) is 0 Å². The van der Waals surface area contributed by atoms with Gasteiger partial charge in [-0.3, -0.25) is 0 Å². The van der Waals surface area contributed by atoms with Gasteiger partial charge in [0.2, 0.25) is 0 Å². The van der Waals surface area contributed by atoms with Gasteiger partial charge in [0.1, 0.15) is 11.5 Å². The zero-order valence-electron chi connectivity index (χ0n) is 30.6. The van der Waals surface area contributed by atoms with Crippen molar-refractivity contribution < 1.29 is 4.74 Å². The summed E-state index contributed by atoms with van der Waals surface area (Å²) in [7, 11) is 0. The van der Waals surface area contributed by atoms with Crippen LogP contribution in [0.2, 0.25) is 0 Å². The lowest BCUT2D eigenvalue weighted by atomic mass is 10.0. The molecule has 1 heterocycles. The Kier molecular flexibility index (Phi) is 11.7. The lowest BCUT2D eigenvalue weighted by Gasteiger charge is -2.16. The fraction of sp³-hybridized carbons (Fsp3) is 0. The molecule has 0 unspecified atom stereocenters. The fourth-order valence-corrected chi connectivity index (χ4v) is 6.27. The van der Waals surface area contributed by atoms with Crippen molar-refractivity contribution in [3.63, 3.8) is 0 Å². The molecule has 0 radical (unpaired) electrons. The van der Waals surface area contributed by atoms with Crippen LogP contribution in [0.25, 0.3) is 44.5 Å². The summed E-state index contributed by atoms with van der Waals surface area (Å²) in [5, 5.41) is 3.37. The van der Waals surface area contributed by atoms with E-state index in [1.54, 1.807) is 6.08 Å². The van der Waals surface area contributed by atoms with Crippen LogP contribution in [-0.2, 0) is 0 Å². The minimum Gasteiger partial charge on any atom is -0.456 e. The number of hydrogen-bond acceptors (Lipinski definition) is 2. The van der Waals surface area contributed by atoms with Crippen LogP contribution in [-0.4, -0.2) is 0 Å². The Hall–Kier alpha value is -7.38. The van der Waals surface area contributed by atoms with E-state index in [0.29, 0.717) is 0 Å². The zero-order chi connectivity index (χ0) is 37.7.